The molecule has 1 aromatic rings. The molecule has 0 saturated carbocycles. The normalized spacial score (nSPS) is 26.6. The zero-order valence-corrected chi connectivity index (χ0v) is 12.9. The van der Waals surface area contributed by atoms with Crippen molar-refractivity contribution in [3.8, 4) is 0 Å². The highest BCUT2D eigenvalue weighted by atomic mass is 16.5. The van der Waals surface area contributed by atoms with Gasteiger partial charge in [0.2, 0.25) is 0 Å². The van der Waals surface area contributed by atoms with E-state index >= 15 is 0 Å². The van der Waals surface area contributed by atoms with Crippen LogP contribution >= 0.6 is 0 Å². The molecular weight excluding hydrogens is 264 g/mol. The zero-order chi connectivity index (χ0) is 14.8. The van der Waals surface area contributed by atoms with E-state index < -0.39 is 0 Å². The van der Waals surface area contributed by atoms with Gasteiger partial charge in [0.15, 0.2) is 0 Å². The molecule has 0 aromatic heterocycles. The number of methoxy groups -OCH3 is 1. The minimum absolute atomic E-state index is 0.269. The smallest absolute Gasteiger partial charge is 0.337 e. The highest BCUT2D eigenvalue weighted by Crippen LogP contribution is 2.25. The van der Waals surface area contributed by atoms with Gasteiger partial charge in [-0.15, -0.1) is 0 Å². The predicted octanol–water partition coefficient (Wildman–Crippen LogP) is 2.14. The van der Waals surface area contributed by atoms with Crippen LogP contribution < -0.4 is 0 Å². The maximum Gasteiger partial charge on any atom is 0.337 e. The van der Waals surface area contributed by atoms with Crippen LogP contribution in [0.4, 0.5) is 0 Å². The van der Waals surface area contributed by atoms with Gasteiger partial charge in [-0.1, -0.05) is 12.1 Å². The lowest BCUT2D eigenvalue weighted by Gasteiger charge is -2.42. The molecule has 3 rings (SSSR count). The third-order valence-corrected chi connectivity index (χ3v) is 4.83. The molecule has 2 atom stereocenters. The van der Waals surface area contributed by atoms with E-state index in [2.05, 4.69) is 16.7 Å². The lowest BCUT2D eigenvalue weighted by Crippen LogP contribution is -2.54. The summed E-state index contributed by atoms with van der Waals surface area (Å²) in [6.07, 6.45) is 2.68. The summed E-state index contributed by atoms with van der Waals surface area (Å²) in [5.41, 5.74) is 1.89. The number of nitrogens with zero attached hydrogens (tertiary/aromatic N) is 2. The molecule has 2 aliphatic rings. The molecule has 0 unspecified atom stereocenters. The Bertz CT molecular complexity index is 500. The Morgan fingerprint density at radius 1 is 1.29 bits per heavy atom. The first kappa shape index (κ1) is 14.5. The second-order valence-corrected chi connectivity index (χ2v) is 6.26. The quantitative estimate of drug-likeness (QED) is 0.798. The number of esters is 1. The van der Waals surface area contributed by atoms with Gasteiger partial charge in [0.1, 0.15) is 0 Å². The minimum Gasteiger partial charge on any atom is -0.465 e. The topological polar surface area (TPSA) is 32.8 Å². The van der Waals surface area contributed by atoms with Crippen LogP contribution in [0.25, 0.3) is 0 Å². The molecule has 4 heteroatoms. The lowest BCUT2D eigenvalue weighted by molar-refractivity contribution is 0.0540. The molecule has 0 bridgehead atoms. The van der Waals surface area contributed by atoms with E-state index in [4.69, 9.17) is 4.74 Å². The number of hydrogen-bond donors (Lipinski definition) is 0. The average molecular weight is 288 g/mol. The van der Waals surface area contributed by atoms with E-state index in [0.29, 0.717) is 11.6 Å². The highest BCUT2D eigenvalue weighted by Gasteiger charge is 2.34. The molecule has 0 amide bonds. The van der Waals surface area contributed by atoms with Crippen molar-refractivity contribution in [2.75, 3.05) is 26.7 Å². The van der Waals surface area contributed by atoms with Crippen LogP contribution in [-0.4, -0.2) is 54.6 Å². The summed E-state index contributed by atoms with van der Waals surface area (Å²) in [5, 5.41) is 0. The van der Waals surface area contributed by atoms with Crippen molar-refractivity contribution in [2.24, 2.45) is 0 Å². The molecule has 0 radical (unpaired) electrons. The molecule has 114 valence electrons. The van der Waals surface area contributed by atoms with Gasteiger partial charge in [0, 0.05) is 31.7 Å². The summed E-state index contributed by atoms with van der Waals surface area (Å²) in [6, 6.07) is 9.14. The van der Waals surface area contributed by atoms with Gasteiger partial charge in [0.05, 0.1) is 12.7 Å². The fraction of sp³-hybridized carbons (Fsp3) is 0.588. The minimum atomic E-state index is -0.269. The highest BCUT2D eigenvalue weighted by molar-refractivity contribution is 5.89. The average Bonchev–Trinajstić information content (AvgIpc) is 2.94. The van der Waals surface area contributed by atoms with Crippen LogP contribution in [0.15, 0.2) is 24.3 Å². The van der Waals surface area contributed by atoms with Crippen molar-refractivity contribution >= 4 is 5.97 Å². The van der Waals surface area contributed by atoms with Gasteiger partial charge < -0.3 is 4.74 Å². The van der Waals surface area contributed by atoms with Crippen LogP contribution in [0.1, 0.15) is 35.7 Å². The summed E-state index contributed by atoms with van der Waals surface area (Å²) in [5.74, 6) is -0.269. The number of ether oxygens (including phenoxy) is 1. The Balaban J connectivity index is 1.64. The Morgan fingerprint density at radius 2 is 2.05 bits per heavy atom. The number of piperazine rings is 1. The molecule has 2 aliphatic heterocycles. The van der Waals surface area contributed by atoms with E-state index in [9.17, 15) is 4.79 Å². The maximum atomic E-state index is 11.5. The monoisotopic (exact) mass is 288 g/mol. The fourth-order valence-electron chi connectivity index (χ4n) is 3.57. The standard InChI is InChI=1S/C17H24N2O2/c1-13-10-18-9-3-4-16(18)12-19(13)11-14-5-7-15(8-6-14)17(20)21-2/h5-8,13,16H,3-4,9-12H2,1-2H3/t13-,16+/m1/s1. The molecule has 0 spiro atoms. The molecule has 1 aromatic carbocycles. The SMILES string of the molecule is COC(=O)c1ccc(CN2C[C@@H]3CCCN3C[C@H]2C)cc1. The number of fused-ring (bicyclic) bond motifs is 1. The Labute approximate surface area is 126 Å². The molecule has 0 aliphatic carbocycles. The summed E-state index contributed by atoms with van der Waals surface area (Å²) in [4.78, 5) is 16.7. The van der Waals surface area contributed by atoms with Crippen LogP contribution in [0.2, 0.25) is 0 Å². The van der Waals surface area contributed by atoms with Crippen LogP contribution in [-0.2, 0) is 11.3 Å². The van der Waals surface area contributed by atoms with Crippen LogP contribution in [0, 0.1) is 0 Å². The summed E-state index contributed by atoms with van der Waals surface area (Å²) >= 11 is 0. The third-order valence-electron chi connectivity index (χ3n) is 4.83. The van der Waals surface area contributed by atoms with E-state index in [1.807, 2.05) is 24.3 Å². The van der Waals surface area contributed by atoms with Crippen molar-refractivity contribution in [2.45, 2.75) is 38.4 Å². The Hall–Kier alpha value is -1.39. The first-order valence-corrected chi connectivity index (χ1v) is 7.82. The van der Waals surface area contributed by atoms with E-state index in [1.54, 1.807) is 0 Å². The van der Waals surface area contributed by atoms with Gasteiger partial charge in [-0.2, -0.15) is 0 Å². The Morgan fingerprint density at radius 3 is 2.76 bits per heavy atom. The van der Waals surface area contributed by atoms with Gasteiger partial charge in [0.25, 0.3) is 0 Å². The third kappa shape index (κ3) is 3.11. The molecule has 2 saturated heterocycles. The second-order valence-electron chi connectivity index (χ2n) is 6.26. The Kier molecular flexibility index (Phi) is 4.27. The first-order chi connectivity index (χ1) is 10.2. The largest absolute Gasteiger partial charge is 0.465 e. The molecule has 0 N–H and O–H groups in total. The molecule has 2 heterocycles. The van der Waals surface area contributed by atoms with Crippen LogP contribution in [0.3, 0.4) is 0 Å². The van der Waals surface area contributed by atoms with Gasteiger partial charge in [-0.25, -0.2) is 4.79 Å². The number of hydrogen-bond acceptors (Lipinski definition) is 4. The van der Waals surface area contributed by atoms with Crippen molar-refractivity contribution in [3.05, 3.63) is 35.4 Å². The van der Waals surface area contributed by atoms with Crippen molar-refractivity contribution in [3.63, 3.8) is 0 Å². The molecular formula is C17H24N2O2. The van der Waals surface area contributed by atoms with E-state index in [1.165, 1.54) is 45.1 Å². The molecule has 2 fully saturated rings. The van der Waals surface area contributed by atoms with Gasteiger partial charge in [-0.05, 0) is 44.0 Å². The second kappa shape index (κ2) is 6.16. The van der Waals surface area contributed by atoms with E-state index in [-0.39, 0.29) is 5.97 Å². The van der Waals surface area contributed by atoms with E-state index in [0.717, 1.165) is 12.6 Å². The summed E-state index contributed by atoms with van der Waals surface area (Å²) in [6.45, 7) is 6.91. The van der Waals surface area contributed by atoms with Gasteiger partial charge >= 0.3 is 5.97 Å². The molecule has 4 nitrogen and oxygen atoms in total. The number of rotatable bonds is 3. The lowest BCUT2D eigenvalue weighted by atomic mass is 10.1. The molecule has 21 heavy (non-hydrogen) atoms. The zero-order valence-electron chi connectivity index (χ0n) is 12.9. The number of carbonyl (C=O) groups excluding carboxylic acids is 1. The van der Waals surface area contributed by atoms with Crippen molar-refractivity contribution < 1.29 is 9.53 Å². The summed E-state index contributed by atoms with van der Waals surface area (Å²) < 4.78 is 4.74. The fourth-order valence-corrected chi connectivity index (χ4v) is 3.57. The van der Waals surface area contributed by atoms with Crippen molar-refractivity contribution in [1.82, 2.24) is 9.80 Å². The number of carbonyl (C=O) groups is 1. The predicted molar refractivity (Wildman–Crippen MR) is 82.2 cm³/mol. The summed E-state index contributed by atoms with van der Waals surface area (Å²) in [7, 11) is 1.42. The first-order valence-electron chi connectivity index (χ1n) is 7.82. The number of benzene rings is 1. The van der Waals surface area contributed by atoms with Gasteiger partial charge in [-0.3, -0.25) is 9.80 Å². The van der Waals surface area contributed by atoms with Crippen molar-refractivity contribution in [1.29, 1.82) is 0 Å². The van der Waals surface area contributed by atoms with Crippen LogP contribution in [0.5, 0.6) is 0 Å². The maximum absolute atomic E-state index is 11.5.